The smallest absolute Gasteiger partial charge is 0.242 e. The molecule has 1 aliphatic rings. The lowest BCUT2D eigenvalue weighted by atomic mass is 10.0. The maximum absolute atomic E-state index is 12.5. The average molecular weight is 382 g/mol. The van der Waals surface area contributed by atoms with Crippen molar-refractivity contribution in [2.24, 2.45) is 0 Å². The Bertz CT molecular complexity index is 658. The number of ether oxygens (including phenoxy) is 1. The maximum atomic E-state index is 12.5. The molecule has 0 aliphatic heterocycles. The van der Waals surface area contributed by atoms with Gasteiger partial charge in [0.2, 0.25) is 10.0 Å². The quantitative estimate of drug-likeness (QED) is 0.761. The van der Waals surface area contributed by atoms with Crippen LogP contribution < -0.4 is 4.72 Å². The zero-order valence-corrected chi connectivity index (χ0v) is 15.3. The van der Waals surface area contributed by atoms with Gasteiger partial charge in [0, 0.05) is 11.6 Å². The van der Waals surface area contributed by atoms with Crippen molar-refractivity contribution in [3.8, 4) is 0 Å². The molecule has 8 heteroatoms. The van der Waals surface area contributed by atoms with Crippen LogP contribution in [0.25, 0.3) is 0 Å². The zero-order valence-electron chi connectivity index (χ0n) is 12.9. The van der Waals surface area contributed by atoms with Gasteiger partial charge >= 0.3 is 0 Å². The number of nitrogens with one attached hydrogen (secondary N) is 1. The normalized spacial score (nSPS) is 17.6. The average Bonchev–Trinajstić information content (AvgIpc) is 2.96. The topological polar surface area (TPSA) is 75.6 Å². The third kappa shape index (κ3) is 4.59. The second-order valence-electron chi connectivity index (χ2n) is 5.82. The van der Waals surface area contributed by atoms with Crippen molar-refractivity contribution in [2.45, 2.75) is 43.1 Å². The standard InChI is InChI=1S/C15H21Cl2NO4S/c1-11-8-14(13(17)9-12(11)16)23(20,21)18-10-15(22-7-6-19)4-2-3-5-15/h8-9,18-19H,2-7,10H2,1H3. The van der Waals surface area contributed by atoms with Crippen molar-refractivity contribution in [1.29, 1.82) is 0 Å². The van der Waals surface area contributed by atoms with E-state index in [1.54, 1.807) is 6.92 Å². The molecule has 1 fully saturated rings. The van der Waals surface area contributed by atoms with Crippen molar-refractivity contribution >= 4 is 33.2 Å². The first-order valence-electron chi connectivity index (χ1n) is 7.50. The zero-order chi connectivity index (χ0) is 17.1. The highest BCUT2D eigenvalue weighted by Crippen LogP contribution is 2.34. The Morgan fingerprint density at radius 2 is 1.91 bits per heavy atom. The highest BCUT2D eigenvalue weighted by Gasteiger charge is 2.36. The molecular formula is C15H21Cl2NO4S. The summed E-state index contributed by atoms with van der Waals surface area (Å²) in [5.41, 5.74) is 0.0903. The fourth-order valence-corrected chi connectivity index (χ4v) is 4.74. The van der Waals surface area contributed by atoms with E-state index < -0.39 is 15.6 Å². The molecule has 0 saturated heterocycles. The summed E-state index contributed by atoms with van der Waals surface area (Å²) in [7, 11) is -3.76. The van der Waals surface area contributed by atoms with Gasteiger partial charge < -0.3 is 9.84 Å². The summed E-state index contributed by atoms with van der Waals surface area (Å²) in [6.07, 6.45) is 3.49. The largest absolute Gasteiger partial charge is 0.394 e. The van der Waals surface area contributed by atoms with E-state index in [4.69, 9.17) is 33.0 Å². The Morgan fingerprint density at radius 1 is 1.26 bits per heavy atom. The number of hydrogen-bond acceptors (Lipinski definition) is 4. The molecule has 1 saturated carbocycles. The molecule has 0 aromatic heterocycles. The van der Waals surface area contributed by atoms with Crippen LogP contribution in [-0.4, -0.2) is 38.9 Å². The van der Waals surface area contributed by atoms with E-state index in [0.29, 0.717) is 10.6 Å². The van der Waals surface area contributed by atoms with Crippen molar-refractivity contribution < 1.29 is 18.3 Å². The molecule has 5 nitrogen and oxygen atoms in total. The van der Waals surface area contributed by atoms with E-state index in [-0.39, 0.29) is 29.7 Å². The van der Waals surface area contributed by atoms with Gasteiger partial charge in [-0.2, -0.15) is 0 Å². The highest BCUT2D eigenvalue weighted by molar-refractivity contribution is 7.89. The van der Waals surface area contributed by atoms with Crippen LogP contribution in [0.2, 0.25) is 10.0 Å². The van der Waals surface area contributed by atoms with Gasteiger partial charge in [0.1, 0.15) is 4.90 Å². The summed E-state index contributed by atoms with van der Waals surface area (Å²) in [6, 6.07) is 2.89. The van der Waals surface area contributed by atoms with Crippen molar-refractivity contribution in [3.05, 3.63) is 27.7 Å². The van der Waals surface area contributed by atoms with Crippen LogP contribution in [0.5, 0.6) is 0 Å². The van der Waals surface area contributed by atoms with Crippen LogP contribution in [0.15, 0.2) is 17.0 Å². The fourth-order valence-electron chi connectivity index (χ4n) is 2.79. The summed E-state index contributed by atoms with van der Waals surface area (Å²) in [4.78, 5) is 0.0105. The Labute approximate surface area is 147 Å². The Kier molecular flexibility index (Phi) is 6.33. The molecule has 0 amide bonds. The minimum atomic E-state index is -3.76. The lowest BCUT2D eigenvalue weighted by Crippen LogP contribution is -2.43. The molecule has 0 atom stereocenters. The lowest BCUT2D eigenvalue weighted by molar-refractivity contribution is -0.0492. The molecular weight excluding hydrogens is 361 g/mol. The van der Waals surface area contributed by atoms with Crippen molar-refractivity contribution in [1.82, 2.24) is 4.72 Å². The Morgan fingerprint density at radius 3 is 2.52 bits per heavy atom. The fraction of sp³-hybridized carbons (Fsp3) is 0.600. The first kappa shape index (κ1) is 19.0. The summed E-state index contributed by atoms with van der Waals surface area (Å²) >= 11 is 12.0. The number of aliphatic hydroxyl groups is 1. The first-order valence-corrected chi connectivity index (χ1v) is 9.74. The van der Waals surface area contributed by atoms with Gasteiger partial charge in [-0.1, -0.05) is 36.0 Å². The molecule has 23 heavy (non-hydrogen) atoms. The van der Waals surface area contributed by atoms with Crippen LogP contribution in [-0.2, 0) is 14.8 Å². The Hall–Kier alpha value is -0.370. The van der Waals surface area contributed by atoms with Crippen LogP contribution in [0, 0.1) is 6.92 Å². The van der Waals surface area contributed by atoms with Gasteiger partial charge in [-0.25, -0.2) is 13.1 Å². The molecule has 1 aromatic carbocycles. The number of rotatable bonds is 7. The van der Waals surface area contributed by atoms with E-state index in [9.17, 15) is 8.42 Å². The molecule has 1 aliphatic carbocycles. The van der Waals surface area contributed by atoms with Gasteiger partial charge in [-0.3, -0.25) is 0 Å². The number of halogens is 2. The van der Waals surface area contributed by atoms with Gasteiger partial charge in [-0.05, 0) is 37.5 Å². The minimum Gasteiger partial charge on any atom is -0.394 e. The van der Waals surface area contributed by atoms with Crippen LogP contribution in [0.3, 0.4) is 0 Å². The molecule has 0 heterocycles. The van der Waals surface area contributed by atoms with E-state index >= 15 is 0 Å². The molecule has 0 spiro atoms. The van der Waals surface area contributed by atoms with E-state index in [2.05, 4.69) is 4.72 Å². The monoisotopic (exact) mass is 381 g/mol. The molecule has 130 valence electrons. The number of aryl methyl sites for hydroxylation is 1. The highest BCUT2D eigenvalue weighted by atomic mass is 35.5. The Balaban J connectivity index is 2.16. The molecule has 0 radical (unpaired) electrons. The predicted molar refractivity (Wildman–Crippen MR) is 90.6 cm³/mol. The van der Waals surface area contributed by atoms with Gasteiger partial charge in [0.05, 0.1) is 23.8 Å². The molecule has 0 unspecified atom stereocenters. The van der Waals surface area contributed by atoms with Gasteiger partial charge in [0.25, 0.3) is 0 Å². The number of sulfonamides is 1. The summed E-state index contributed by atoms with van der Waals surface area (Å²) in [6.45, 7) is 1.99. The van der Waals surface area contributed by atoms with Crippen LogP contribution >= 0.6 is 23.2 Å². The minimum absolute atomic E-state index is 0.0105. The maximum Gasteiger partial charge on any atom is 0.242 e. The summed E-state index contributed by atoms with van der Waals surface area (Å²) in [5, 5.41) is 9.46. The van der Waals surface area contributed by atoms with Gasteiger partial charge in [-0.15, -0.1) is 0 Å². The third-order valence-electron chi connectivity index (χ3n) is 4.10. The van der Waals surface area contributed by atoms with Crippen molar-refractivity contribution in [3.63, 3.8) is 0 Å². The van der Waals surface area contributed by atoms with Crippen molar-refractivity contribution in [2.75, 3.05) is 19.8 Å². The summed E-state index contributed by atoms with van der Waals surface area (Å²) < 4.78 is 33.4. The molecule has 2 N–H and O–H groups in total. The lowest BCUT2D eigenvalue weighted by Gasteiger charge is -2.29. The molecule has 1 aromatic rings. The van der Waals surface area contributed by atoms with E-state index in [1.807, 2.05) is 0 Å². The van der Waals surface area contributed by atoms with Gasteiger partial charge in [0.15, 0.2) is 0 Å². The first-order chi connectivity index (χ1) is 10.8. The third-order valence-corrected chi connectivity index (χ3v) is 6.37. The molecule has 2 rings (SSSR count). The molecule has 0 bridgehead atoms. The SMILES string of the molecule is Cc1cc(S(=O)(=O)NCC2(OCCO)CCCC2)c(Cl)cc1Cl. The van der Waals surface area contributed by atoms with Crippen LogP contribution in [0.1, 0.15) is 31.2 Å². The second kappa shape index (κ2) is 7.68. The van der Waals surface area contributed by atoms with Crippen LogP contribution in [0.4, 0.5) is 0 Å². The van der Waals surface area contributed by atoms with E-state index in [1.165, 1.54) is 12.1 Å². The predicted octanol–water partition coefficient (Wildman–Crippen LogP) is 2.90. The number of benzene rings is 1. The number of hydrogen-bond donors (Lipinski definition) is 2. The number of aliphatic hydroxyl groups excluding tert-OH is 1. The second-order valence-corrected chi connectivity index (χ2v) is 8.37. The van der Waals surface area contributed by atoms with E-state index in [0.717, 1.165) is 25.7 Å². The summed E-state index contributed by atoms with van der Waals surface area (Å²) in [5.74, 6) is 0.